The van der Waals surface area contributed by atoms with E-state index in [1.807, 2.05) is 6.07 Å². The van der Waals surface area contributed by atoms with E-state index < -0.39 is 35.2 Å². The number of carboxylic acid groups (broad SMARTS) is 1. The summed E-state index contributed by atoms with van der Waals surface area (Å²) in [6, 6.07) is 7.16. The van der Waals surface area contributed by atoms with Gasteiger partial charge in [0.2, 0.25) is 5.91 Å². The summed E-state index contributed by atoms with van der Waals surface area (Å²) in [6.07, 6.45) is 0. The van der Waals surface area contributed by atoms with Crippen LogP contribution in [0.4, 0.5) is 0 Å². The van der Waals surface area contributed by atoms with Crippen molar-refractivity contribution in [2.75, 3.05) is 5.75 Å². The van der Waals surface area contributed by atoms with Crippen LogP contribution in [-0.4, -0.2) is 39.9 Å². The number of aliphatic carboxylic acids is 1. The Morgan fingerprint density at radius 2 is 2.04 bits per heavy atom. The molecule has 1 fully saturated rings. The molecule has 2 aliphatic heterocycles. The van der Waals surface area contributed by atoms with Crippen LogP contribution in [0.3, 0.4) is 0 Å². The number of nitrogens with one attached hydrogen (secondary N) is 1. The van der Waals surface area contributed by atoms with Gasteiger partial charge >= 0.3 is 0 Å². The van der Waals surface area contributed by atoms with Crippen molar-refractivity contribution < 1.29 is 19.5 Å². The molecule has 2 aliphatic rings. The van der Waals surface area contributed by atoms with Crippen molar-refractivity contribution in [3.8, 4) is 0 Å². The standard InChI is InChI=1S/C16H17N3O4S/c1-8-7-24-15-11(14(21)19(15)12(8)16(22)23)18-13(20)10(17)9-5-3-2-4-6-9/h2-6,10-11,15H,7,17H2,1H3,(H,18,20)(H,22,23)/p-1/t10?,11-,15-/m1/s1. The number of carbonyl (C=O) groups is 3. The molecule has 1 aromatic carbocycles. The maximum Gasteiger partial charge on any atom is 0.253 e. The van der Waals surface area contributed by atoms with Gasteiger partial charge < -0.3 is 21.0 Å². The summed E-state index contributed by atoms with van der Waals surface area (Å²) < 4.78 is 0. The van der Waals surface area contributed by atoms with E-state index in [9.17, 15) is 19.5 Å². The Morgan fingerprint density at radius 1 is 1.38 bits per heavy atom. The lowest BCUT2D eigenvalue weighted by atomic mass is 10.0. The smallest absolute Gasteiger partial charge is 0.253 e. The normalized spacial score (nSPS) is 24.1. The molecule has 1 unspecified atom stereocenters. The number of hydrogen-bond acceptors (Lipinski definition) is 6. The Hall–Kier alpha value is -2.32. The molecule has 2 amide bonds. The van der Waals surface area contributed by atoms with E-state index in [1.54, 1.807) is 31.2 Å². The Kier molecular flexibility index (Phi) is 4.33. The molecule has 7 nitrogen and oxygen atoms in total. The third-order valence-corrected chi connectivity index (χ3v) is 5.52. The van der Waals surface area contributed by atoms with Gasteiger partial charge in [-0.2, -0.15) is 0 Å². The Morgan fingerprint density at radius 3 is 2.67 bits per heavy atom. The molecule has 3 atom stereocenters. The lowest BCUT2D eigenvalue weighted by Gasteiger charge is -2.50. The van der Waals surface area contributed by atoms with E-state index in [-0.39, 0.29) is 5.70 Å². The van der Waals surface area contributed by atoms with Gasteiger partial charge in [-0.1, -0.05) is 30.3 Å². The van der Waals surface area contributed by atoms with E-state index in [0.717, 1.165) is 0 Å². The average Bonchev–Trinajstić information content (AvgIpc) is 2.59. The lowest BCUT2D eigenvalue weighted by Crippen LogP contribution is -2.71. The van der Waals surface area contributed by atoms with Crippen LogP contribution in [0.1, 0.15) is 18.5 Å². The van der Waals surface area contributed by atoms with E-state index in [2.05, 4.69) is 5.32 Å². The van der Waals surface area contributed by atoms with Crippen LogP contribution < -0.4 is 16.2 Å². The van der Waals surface area contributed by atoms with Crippen LogP contribution in [0, 0.1) is 0 Å². The summed E-state index contributed by atoms with van der Waals surface area (Å²) in [7, 11) is 0. The molecule has 3 N–H and O–H groups in total. The minimum atomic E-state index is -1.38. The number of carboxylic acids is 1. The van der Waals surface area contributed by atoms with Crippen LogP contribution >= 0.6 is 11.8 Å². The van der Waals surface area contributed by atoms with Gasteiger partial charge in [-0.3, -0.25) is 14.5 Å². The molecule has 8 heteroatoms. The van der Waals surface area contributed by atoms with E-state index in [4.69, 9.17) is 5.73 Å². The summed E-state index contributed by atoms with van der Waals surface area (Å²) in [5.74, 6) is -1.84. The molecule has 1 aromatic rings. The maximum absolute atomic E-state index is 12.3. The molecule has 2 heterocycles. The average molecular weight is 346 g/mol. The first kappa shape index (κ1) is 16.5. The van der Waals surface area contributed by atoms with Gasteiger partial charge in [-0.15, -0.1) is 11.8 Å². The first-order chi connectivity index (χ1) is 11.4. The summed E-state index contributed by atoms with van der Waals surface area (Å²) in [5.41, 5.74) is 7.04. The molecule has 126 valence electrons. The van der Waals surface area contributed by atoms with Crippen molar-refractivity contribution in [1.29, 1.82) is 0 Å². The highest BCUT2D eigenvalue weighted by Gasteiger charge is 2.52. The van der Waals surface area contributed by atoms with E-state index >= 15 is 0 Å². The van der Waals surface area contributed by atoms with Crippen molar-refractivity contribution >= 4 is 29.5 Å². The molecular weight excluding hydrogens is 330 g/mol. The van der Waals surface area contributed by atoms with Gasteiger partial charge in [0.05, 0.1) is 11.7 Å². The largest absolute Gasteiger partial charge is 0.543 e. The zero-order valence-electron chi connectivity index (χ0n) is 12.9. The minimum absolute atomic E-state index is 0.0957. The van der Waals surface area contributed by atoms with Crippen molar-refractivity contribution in [1.82, 2.24) is 10.2 Å². The quantitative estimate of drug-likeness (QED) is 0.684. The van der Waals surface area contributed by atoms with Gasteiger partial charge in [-0.25, -0.2) is 0 Å². The number of thioether (sulfide) groups is 1. The Labute approximate surface area is 142 Å². The lowest BCUT2D eigenvalue weighted by molar-refractivity contribution is -0.301. The minimum Gasteiger partial charge on any atom is -0.543 e. The molecule has 1 saturated heterocycles. The molecule has 0 aliphatic carbocycles. The number of hydrogen-bond donors (Lipinski definition) is 2. The number of benzene rings is 1. The second-order valence-corrected chi connectivity index (χ2v) is 6.81. The second kappa shape index (κ2) is 6.29. The highest BCUT2D eigenvalue weighted by molar-refractivity contribution is 8.00. The molecule has 3 rings (SSSR count). The first-order valence-corrected chi connectivity index (χ1v) is 8.43. The number of nitrogens with two attached hydrogens (primary N) is 1. The van der Waals surface area contributed by atoms with Crippen molar-refractivity contribution in [2.24, 2.45) is 5.73 Å². The number of nitrogens with zero attached hydrogens (tertiary/aromatic N) is 1. The molecule has 0 aromatic heterocycles. The van der Waals surface area contributed by atoms with Crippen LogP contribution in [-0.2, 0) is 14.4 Å². The SMILES string of the molecule is CC1=C(C(=O)[O-])N2C(=O)[C@@H](NC(=O)C(N)c3ccccc3)[C@H]2SC1. The fourth-order valence-corrected chi connectivity index (χ4v) is 4.11. The van der Waals surface area contributed by atoms with Gasteiger partial charge in [0, 0.05) is 5.75 Å². The highest BCUT2D eigenvalue weighted by Crippen LogP contribution is 2.39. The summed E-state index contributed by atoms with van der Waals surface area (Å²) in [6.45, 7) is 1.65. The van der Waals surface area contributed by atoms with Crippen molar-refractivity contribution in [3.05, 3.63) is 47.2 Å². The summed E-state index contributed by atoms with van der Waals surface area (Å²) in [4.78, 5) is 37.0. The van der Waals surface area contributed by atoms with Crippen molar-refractivity contribution in [3.63, 3.8) is 0 Å². The molecule has 0 spiro atoms. The monoisotopic (exact) mass is 346 g/mol. The van der Waals surface area contributed by atoms with Gasteiger partial charge in [0.15, 0.2) is 0 Å². The van der Waals surface area contributed by atoms with Gasteiger partial charge in [0.25, 0.3) is 5.91 Å². The number of β-lactam (4-membered cyclic amide) rings is 1. The Bertz CT molecular complexity index is 734. The van der Waals surface area contributed by atoms with Gasteiger partial charge in [-0.05, 0) is 18.1 Å². The third-order valence-electron chi connectivity index (χ3n) is 4.09. The molecule has 0 radical (unpaired) electrons. The number of amides is 2. The molecule has 24 heavy (non-hydrogen) atoms. The number of rotatable bonds is 4. The number of fused-ring (bicyclic) bond motifs is 1. The molecular formula is C16H16N3O4S-. The highest BCUT2D eigenvalue weighted by atomic mass is 32.2. The molecule has 0 bridgehead atoms. The third kappa shape index (κ3) is 2.67. The zero-order valence-corrected chi connectivity index (χ0v) is 13.7. The predicted molar refractivity (Wildman–Crippen MR) is 86.1 cm³/mol. The Balaban J connectivity index is 1.71. The number of carbonyl (C=O) groups excluding carboxylic acids is 3. The summed E-state index contributed by atoms with van der Waals surface area (Å²) in [5, 5.41) is 13.4. The predicted octanol–water partition coefficient (Wildman–Crippen LogP) is -0.890. The topological polar surface area (TPSA) is 116 Å². The van der Waals surface area contributed by atoms with Crippen LogP contribution in [0.25, 0.3) is 0 Å². The van der Waals surface area contributed by atoms with Crippen molar-refractivity contribution in [2.45, 2.75) is 24.4 Å². The maximum atomic E-state index is 12.3. The zero-order chi connectivity index (χ0) is 17.4. The first-order valence-electron chi connectivity index (χ1n) is 7.38. The fourth-order valence-electron chi connectivity index (χ4n) is 2.82. The van der Waals surface area contributed by atoms with Crippen LogP contribution in [0.15, 0.2) is 41.6 Å². The fraction of sp³-hybridized carbons (Fsp3) is 0.312. The van der Waals surface area contributed by atoms with E-state index in [0.29, 0.717) is 16.9 Å². The summed E-state index contributed by atoms with van der Waals surface area (Å²) >= 11 is 1.40. The van der Waals surface area contributed by atoms with Crippen LogP contribution in [0.2, 0.25) is 0 Å². The molecule has 0 saturated carbocycles. The van der Waals surface area contributed by atoms with Crippen LogP contribution in [0.5, 0.6) is 0 Å². The van der Waals surface area contributed by atoms with Gasteiger partial charge in [0.1, 0.15) is 17.5 Å². The van der Waals surface area contributed by atoms with E-state index in [1.165, 1.54) is 16.7 Å². The second-order valence-electron chi connectivity index (χ2n) is 5.70.